The third kappa shape index (κ3) is 3.99. The fourth-order valence-corrected chi connectivity index (χ4v) is 1.07. The van der Waals surface area contributed by atoms with E-state index in [9.17, 15) is 4.79 Å². The third-order valence-electron chi connectivity index (χ3n) is 1.51. The van der Waals surface area contributed by atoms with Gasteiger partial charge in [0.05, 0.1) is 10.7 Å². The second-order valence-electron chi connectivity index (χ2n) is 2.62. The van der Waals surface area contributed by atoms with Crippen molar-refractivity contribution in [3.8, 4) is 0 Å². The molecule has 5 heteroatoms. The molecule has 0 saturated carbocycles. The number of benzene rings is 1. The lowest BCUT2D eigenvalue weighted by atomic mass is 10.3. The molecule has 1 N–H and O–H groups in total. The van der Waals surface area contributed by atoms with Crippen LogP contribution >= 0.6 is 11.6 Å². The summed E-state index contributed by atoms with van der Waals surface area (Å²) >= 11 is 5.84. The van der Waals surface area contributed by atoms with Crippen molar-refractivity contribution in [2.45, 2.75) is 6.92 Å². The Morgan fingerprint density at radius 1 is 1.60 bits per heavy atom. The predicted molar refractivity (Wildman–Crippen MR) is 60.2 cm³/mol. The smallest absolute Gasteiger partial charge is 0.270 e. The molecule has 0 atom stereocenters. The molecule has 0 fully saturated rings. The highest BCUT2D eigenvalue weighted by Crippen LogP contribution is 2.19. The molecule has 0 heterocycles. The van der Waals surface area contributed by atoms with Crippen LogP contribution in [0.15, 0.2) is 29.4 Å². The second kappa shape index (κ2) is 6.03. The van der Waals surface area contributed by atoms with Gasteiger partial charge in [-0.1, -0.05) is 28.9 Å². The maximum atomic E-state index is 11.2. The highest BCUT2D eigenvalue weighted by atomic mass is 35.5. The highest BCUT2D eigenvalue weighted by molar-refractivity contribution is 6.36. The molecule has 0 spiro atoms. The Hall–Kier alpha value is -1.55. The number of anilines is 1. The van der Waals surface area contributed by atoms with Crippen LogP contribution in [0, 0.1) is 0 Å². The summed E-state index contributed by atoms with van der Waals surface area (Å²) in [6, 6.07) is 6.96. The summed E-state index contributed by atoms with van der Waals surface area (Å²) in [5.41, 5.74) is 0.548. The summed E-state index contributed by atoms with van der Waals surface area (Å²) in [6.45, 7) is 2.21. The van der Waals surface area contributed by atoms with Gasteiger partial charge in [-0.25, -0.2) is 0 Å². The molecule has 4 nitrogen and oxygen atoms in total. The van der Waals surface area contributed by atoms with Gasteiger partial charge in [0.1, 0.15) is 12.8 Å². The Kier molecular flexibility index (Phi) is 4.63. The average Bonchev–Trinajstić information content (AvgIpc) is 2.22. The zero-order valence-electron chi connectivity index (χ0n) is 8.24. The Balaban J connectivity index is 2.55. The molecule has 1 rings (SSSR count). The first-order chi connectivity index (χ1) is 7.24. The van der Waals surface area contributed by atoms with Gasteiger partial charge in [0.2, 0.25) is 0 Å². The first kappa shape index (κ1) is 11.5. The van der Waals surface area contributed by atoms with Crippen LogP contribution in [-0.4, -0.2) is 18.7 Å². The lowest BCUT2D eigenvalue weighted by Gasteiger charge is -2.02. The Morgan fingerprint density at radius 3 is 3.00 bits per heavy atom. The molecule has 0 aliphatic heterocycles. The van der Waals surface area contributed by atoms with Crippen LogP contribution in [0.4, 0.5) is 5.69 Å². The van der Waals surface area contributed by atoms with Crippen LogP contribution in [0.2, 0.25) is 5.02 Å². The van der Waals surface area contributed by atoms with Crippen molar-refractivity contribution in [3.63, 3.8) is 0 Å². The quantitative estimate of drug-likeness (QED) is 0.633. The summed E-state index contributed by atoms with van der Waals surface area (Å²) in [4.78, 5) is 15.9. The van der Waals surface area contributed by atoms with Crippen LogP contribution in [0.25, 0.3) is 0 Å². The molecule has 0 unspecified atom stereocenters. The summed E-state index contributed by atoms with van der Waals surface area (Å²) in [6.07, 6.45) is 1.06. The molecule has 0 saturated heterocycles. The number of nitrogens with one attached hydrogen (secondary N) is 1. The molecule has 15 heavy (non-hydrogen) atoms. The van der Waals surface area contributed by atoms with Crippen LogP contribution in [0.1, 0.15) is 6.92 Å². The van der Waals surface area contributed by atoms with Crippen molar-refractivity contribution in [3.05, 3.63) is 29.3 Å². The van der Waals surface area contributed by atoms with E-state index in [2.05, 4.69) is 15.3 Å². The predicted octanol–water partition coefficient (Wildman–Crippen LogP) is 2.30. The van der Waals surface area contributed by atoms with E-state index in [0.717, 1.165) is 6.21 Å². The van der Waals surface area contributed by atoms with E-state index < -0.39 is 0 Å². The lowest BCUT2D eigenvalue weighted by molar-refractivity contribution is -0.110. The summed E-state index contributed by atoms with van der Waals surface area (Å²) in [7, 11) is 0. The third-order valence-corrected chi connectivity index (χ3v) is 1.83. The highest BCUT2D eigenvalue weighted by Gasteiger charge is 2.01. The zero-order chi connectivity index (χ0) is 11.1. The summed E-state index contributed by atoms with van der Waals surface area (Å²) < 4.78 is 0. The van der Waals surface area contributed by atoms with E-state index in [0.29, 0.717) is 17.3 Å². The van der Waals surface area contributed by atoms with Crippen LogP contribution in [-0.2, 0) is 9.63 Å². The second-order valence-corrected chi connectivity index (χ2v) is 3.03. The standard InChI is InChI=1S/C10H11ClN2O2/c1-2-15-12-7-10(14)13-9-6-4-3-5-8(9)11/h3-7H,2H2,1H3,(H,13,14)/b12-7+. The van der Waals surface area contributed by atoms with Gasteiger partial charge in [0.15, 0.2) is 0 Å². The molecule has 1 aromatic rings. The average molecular weight is 227 g/mol. The van der Waals surface area contributed by atoms with Crippen molar-refractivity contribution in [2.24, 2.45) is 5.16 Å². The van der Waals surface area contributed by atoms with Crippen LogP contribution in [0.5, 0.6) is 0 Å². The minimum Gasteiger partial charge on any atom is -0.396 e. The van der Waals surface area contributed by atoms with E-state index in [-0.39, 0.29) is 5.91 Å². The van der Waals surface area contributed by atoms with Crippen LogP contribution in [0.3, 0.4) is 0 Å². The van der Waals surface area contributed by atoms with Gasteiger partial charge in [-0.15, -0.1) is 0 Å². The van der Waals surface area contributed by atoms with E-state index in [1.54, 1.807) is 31.2 Å². The van der Waals surface area contributed by atoms with Crippen molar-refractivity contribution >= 4 is 29.4 Å². The molecule has 0 bridgehead atoms. The number of hydrogen-bond acceptors (Lipinski definition) is 3. The molecular formula is C10H11ClN2O2. The molecule has 0 radical (unpaired) electrons. The summed E-state index contributed by atoms with van der Waals surface area (Å²) in [5.74, 6) is -0.378. The molecule has 0 aromatic heterocycles. The Morgan fingerprint density at radius 2 is 2.33 bits per heavy atom. The van der Waals surface area contributed by atoms with Crippen molar-refractivity contribution in [1.29, 1.82) is 0 Å². The molecular weight excluding hydrogens is 216 g/mol. The Labute approximate surface area is 92.9 Å². The SMILES string of the molecule is CCO/N=C/C(=O)Nc1ccccc1Cl. The minimum atomic E-state index is -0.378. The number of nitrogens with zero attached hydrogens (tertiary/aromatic N) is 1. The van der Waals surface area contributed by atoms with Gasteiger partial charge in [-0.3, -0.25) is 4.79 Å². The number of para-hydroxylation sites is 1. The van der Waals surface area contributed by atoms with E-state index in [4.69, 9.17) is 11.6 Å². The molecule has 1 amide bonds. The number of rotatable bonds is 4. The Bertz CT molecular complexity index is 366. The number of amides is 1. The maximum Gasteiger partial charge on any atom is 0.270 e. The molecule has 1 aromatic carbocycles. The number of hydrogen-bond donors (Lipinski definition) is 1. The van der Waals surface area contributed by atoms with Gasteiger partial charge >= 0.3 is 0 Å². The van der Waals surface area contributed by atoms with E-state index >= 15 is 0 Å². The fourth-order valence-electron chi connectivity index (χ4n) is 0.887. The van der Waals surface area contributed by atoms with Gasteiger partial charge in [-0.2, -0.15) is 0 Å². The monoisotopic (exact) mass is 226 g/mol. The fraction of sp³-hybridized carbons (Fsp3) is 0.200. The first-order valence-electron chi connectivity index (χ1n) is 4.45. The lowest BCUT2D eigenvalue weighted by Crippen LogP contribution is -2.13. The van der Waals surface area contributed by atoms with Gasteiger partial charge < -0.3 is 10.2 Å². The normalized spacial score (nSPS) is 10.3. The number of oxime groups is 1. The minimum absolute atomic E-state index is 0.378. The molecule has 0 aliphatic carbocycles. The van der Waals surface area contributed by atoms with E-state index in [1.165, 1.54) is 0 Å². The van der Waals surface area contributed by atoms with Crippen LogP contribution < -0.4 is 5.32 Å². The first-order valence-corrected chi connectivity index (χ1v) is 4.82. The number of halogens is 1. The topological polar surface area (TPSA) is 50.7 Å². The largest absolute Gasteiger partial charge is 0.396 e. The molecule has 0 aliphatic rings. The van der Waals surface area contributed by atoms with Crippen molar-refractivity contribution in [2.75, 3.05) is 11.9 Å². The van der Waals surface area contributed by atoms with Crippen molar-refractivity contribution < 1.29 is 9.63 Å². The van der Waals surface area contributed by atoms with Gasteiger partial charge in [-0.05, 0) is 19.1 Å². The van der Waals surface area contributed by atoms with Crippen molar-refractivity contribution in [1.82, 2.24) is 0 Å². The van der Waals surface area contributed by atoms with Gasteiger partial charge in [0, 0.05) is 0 Å². The van der Waals surface area contributed by atoms with Gasteiger partial charge in [0.25, 0.3) is 5.91 Å². The molecule has 80 valence electrons. The summed E-state index contributed by atoms with van der Waals surface area (Å²) in [5, 5.41) is 6.49. The number of carbonyl (C=O) groups is 1. The van der Waals surface area contributed by atoms with E-state index in [1.807, 2.05) is 0 Å². The number of carbonyl (C=O) groups excluding carboxylic acids is 1. The zero-order valence-corrected chi connectivity index (χ0v) is 8.99. The maximum absolute atomic E-state index is 11.2.